The molecule has 1 amide bonds. The predicted molar refractivity (Wildman–Crippen MR) is 109 cm³/mol. The van der Waals surface area contributed by atoms with Gasteiger partial charge < -0.3 is 10.4 Å². The lowest BCUT2D eigenvalue weighted by molar-refractivity contribution is -0.135. The summed E-state index contributed by atoms with van der Waals surface area (Å²) in [7, 11) is -4.11. The van der Waals surface area contributed by atoms with Crippen molar-refractivity contribution < 1.29 is 23.1 Å². The first-order chi connectivity index (χ1) is 13.9. The van der Waals surface area contributed by atoms with Crippen molar-refractivity contribution in [2.24, 2.45) is 0 Å². The van der Waals surface area contributed by atoms with E-state index in [2.05, 4.69) is 5.32 Å². The van der Waals surface area contributed by atoms with Crippen LogP contribution in [0.15, 0.2) is 89.8 Å². The maximum Gasteiger partial charge on any atom is 0.324 e. The number of amides is 1. The Morgan fingerprint density at radius 1 is 0.828 bits per heavy atom. The van der Waals surface area contributed by atoms with Crippen LogP contribution in [0.5, 0.6) is 0 Å². The van der Waals surface area contributed by atoms with Gasteiger partial charge in [-0.2, -0.15) is 0 Å². The molecule has 8 heteroatoms. The number of rotatable bonds is 7. The zero-order valence-electron chi connectivity index (χ0n) is 15.2. The number of carbonyl (C=O) groups excluding carboxylic acids is 1. The molecule has 0 saturated carbocycles. The Bertz CT molecular complexity index is 1100. The van der Waals surface area contributed by atoms with Gasteiger partial charge in [-0.1, -0.05) is 36.4 Å². The molecule has 29 heavy (non-hydrogen) atoms. The number of hydrogen-bond acceptors (Lipinski definition) is 4. The molecule has 0 radical (unpaired) electrons. The highest BCUT2D eigenvalue weighted by Gasteiger charge is 2.27. The van der Waals surface area contributed by atoms with Crippen LogP contribution in [0, 0.1) is 0 Å². The molecule has 0 aliphatic heterocycles. The Morgan fingerprint density at radius 3 is 1.93 bits per heavy atom. The van der Waals surface area contributed by atoms with E-state index in [4.69, 9.17) is 5.11 Å². The lowest BCUT2D eigenvalue weighted by Gasteiger charge is -2.22. The summed E-state index contributed by atoms with van der Waals surface area (Å²) in [6.07, 6.45) is 0. The summed E-state index contributed by atoms with van der Waals surface area (Å²) < 4.78 is 26.8. The van der Waals surface area contributed by atoms with E-state index in [1.165, 1.54) is 36.4 Å². The molecular formula is C21H18N2O5S. The van der Waals surface area contributed by atoms with Crippen LogP contribution in [-0.4, -0.2) is 31.9 Å². The van der Waals surface area contributed by atoms with Crippen LogP contribution >= 0.6 is 0 Å². The van der Waals surface area contributed by atoms with Crippen LogP contribution < -0.4 is 9.62 Å². The van der Waals surface area contributed by atoms with Crippen LogP contribution in [0.25, 0.3) is 0 Å². The molecule has 0 fully saturated rings. The van der Waals surface area contributed by atoms with E-state index >= 15 is 0 Å². The van der Waals surface area contributed by atoms with Crippen LogP contribution in [0.2, 0.25) is 0 Å². The highest BCUT2D eigenvalue weighted by molar-refractivity contribution is 7.92. The van der Waals surface area contributed by atoms with Gasteiger partial charge in [-0.3, -0.25) is 13.9 Å². The summed E-state index contributed by atoms with van der Waals surface area (Å²) in [6, 6.07) is 22.2. The largest absolute Gasteiger partial charge is 0.480 e. The SMILES string of the molecule is O=C(O)CN(c1ccccc1)S(=O)(=O)c1ccc(NC(=O)c2ccccc2)cc1. The minimum Gasteiger partial charge on any atom is -0.480 e. The molecule has 3 aromatic carbocycles. The highest BCUT2D eigenvalue weighted by Crippen LogP contribution is 2.24. The van der Waals surface area contributed by atoms with Crippen molar-refractivity contribution in [3.05, 3.63) is 90.5 Å². The monoisotopic (exact) mass is 410 g/mol. The third kappa shape index (κ3) is 4.80. The molecule has 0 atom stereocenters. The first-order valence-electron chi connectivity index (χ1n) is 8.64. The minimum absolute atomic E-state index is 0.0830. The van der Waals surface area contributed by atoms with Crippen molar-refractivity contribution in [1.29, 1.82) is 0 Å². The van der Waals surface area contributed by atoms with Gasteiger partial charge in [0.15, 0.2) is 0 Å². The summed E-state index contributed by atoms with van der Waals surface area (Å²) in [5.41, 5.74) is 1.14. The number of carboxylic acid groups (broad SMARTS) is 1. The number of nitrogens with zero attached hydrogens (tertiary/aromatic N) is 1. The van der Waals surface area contributed by atoms with Gasteiger partial charge in [0, 0.05) is 11.3 Å². The zero-order chi connectivity index (χ0) is 20.9. The van der Waals surface area contributed by atoms with E-state index in [-0.39, 0.29) is 16.5 Å². The van der Waals surface area contributed by atoms with Crippen molar-refractivity contribution >= 4 is 33.3 Å². The van der Waals surface area contributed by atoms with E-state index in [0.29, 0.717) is 11.3 Å². The van der Waals surface area contributed by atoms with E-state index < -0.39 is 22.5 Å². The fourth-order valence-corrected chi connectivity index (χ4v) is 4.08. The van der Waals surface area contributed by atoms with Gasteiger partial charge in [-0.15, -0.1) is 0 Å². The first kappa shape index (κ1) is 20.1. The summed E-state index contributed by atoms with van der Waals surface area (Å²) in [5.74, 6) is -1.60. The molecule has 0 aliphatic rings. The second kappa shape index (κ2) is 8.57. The lowest BCUT2D eigenvalue weighted by atomic mass is 10.2. The van der Waals surface area contributed by atoms with Crippen LogP contribution in [0.1, 0.15) is 10.4 Å². The van der Waals surface area contributed by atoms with Gasteiger partial charge in [-0.05, 0) is 48.5 Å². The van der Waals surface area contributed by atoms with Gasteiger partial charge in [0.05, 0.1) is 10.6 Å². The quantitative estimate of drug-likeness (QED) is 0.622. The molecule has 7 nitrogen and oxygen atoms in total. The van der Waals surface area contributed by atoms with Gasteiger partial charge in [0.2, 0.25) is 0 Å². The van der Waals surface area contributed by atoms with E-state index in [0.717, 1.165) is 4.31 Å². The molecule has 0 aromatic heterocycles. The Kier molecular flexibility index (Phi) is 5.94. The molecule has 0 spiro atoms. The number of para-hydroxylation sites is 1. The number of carbonyl (C=O) groups is 2. The number of benzene rings is 3. The molecule has 0 unspecified atom stereocenters. The second-order valence-corrected chi connectivity index (χ2v) is 7.95. The van der Waals surface area contributed by atoms with Gasteiger partial charge >= 0.3 is 5.97 Å². The Morgan fingerprint density at radius 2 is 1.38 bits per heavy atom. The number of anilines is 2. The normalized spacial score (nSPS) is 10.9. The maximum absolute atomic E-state index is 13.0. The number of aliphatic carboxylic acids is 1. The molecule has 2 N–H and O–H groups in total. The summed E-state index contributed by atoms with van der Waals surface area (Å²) in [5, 5.41) is 11.8. The Hall–Kier alpha value is -3.65. The predicted octanol–water partition coefficient (Wildman–Crippen LogP) is 3.22. The zero-order valence-corrected chi connectivity index (χ0v) is 16.0. The lowest BCUT2D eigenvalue weighted by Crippen LogP contribution is -2.35. The molecule has 3 aromatic rings. The van der Waals surface area contributed by atoms with Crippen molar-refractivity contribution in [3.63, 3.8) is 0 Å². The molecule has 0 aliphatic carbocycles. The van der Waals surface area contributed by atoms with Crippen LogP contribution in [0.4, 0.5) is 11.4 Å². The van der Waals surface area contributed by atoms with Crippen molar-refractivity contribution in [1.82, 2.24) is 0 Å². The molecule has 0 bridgehead atoms. The average molecular weight is 410 g/mol. The van der Waals surface area contributed by atoms with E-state index in [1.807, 2.05) is 0 Å². The molecule has 0 heterocycles. The third-order valence-corrected chi connectivity index (χ3v) is 5.85. The van der Waals surface area contributed by atoms with E-state index in [1.54, 1.807) is 48.5 Å². The standard InChI is InChI=1S/C21H18N2O5S/c24-20(25)15-23(18-9-5-2-6-10-18)29(27,28)19-13-11-17(12-14-19)22-21(26)16-7-3-1-4-8-16/h1-14H,15H2,(H,22,26)(H,24,25). The molecule has 0 saturated heterocycles. The Balaban J connectivity index is 1.85. The topological polar surface area (TPSA) is 104 Å². The summed E-state index contributed by atoms with van der Waals surface area (Å²) >= 11 is 0. The number of sulfonamides is 1. The molecule has 3 rings (SSSR count). The maximum atomic E-state index is 13.0. The number of hydrogen-bond donors (Lipinski definition) is 2. The number of nitrogens with one attached hydrogen (secondary N) is 1. The third-order valence-electron chi connectivity index (χ3n) is 4.06. The van der Waals surface area contributed by atoms with Crippen LogP contribution in [0.3, 0.4) is 0 Å². The van der Waals surface area contributed by atoms with Crippen molar-refractivity contribution in [2.45, 2.75) is 4.90 Å². The number of carboxylic acids is 1. The van der Waals surface area contributed by atoms with E-state index in [9.17, 15) is 18.0 Å². The highest BCUT2D eigenvalue weighted by atomic mass is 32.2. The summed E-state index contributed by atoms with van der Waals surface area (Å²) in [4.78, 5) is 23.3. The van der Waals surface area contributed by atoms with Crippen molar-refractivity contribution in [2.75, 3.05) is 16.2 Å². The van der Waals surface area contributed by atoms with Gasteiger partial charge in [0.25, 0.3) is 15.9 Å². The minimum atomic E-state index is -4.11. The fourth-order valence-electron chi connectivity index (χ4n) is 2.66. The second-order valence-electron chi connectivity index (χ2n) is 6.09. The summed E-state index contributed by atoms with van der Waals surface area (Å²) in [6.45, 7) is -0.709. The smallest absolute Gasteiger partial charge is 0.324 e. The Labute approximate surface area is 168 Å². The first-order valence-corrected chi connectivity index (χ1v) is 10.1. The molecular weight excluding hydrogens is 392 g/mol. The average Bonchev–Trinajstić information content (AvgIpc) is 2.73. The van der Waals surface area contributed by atoms with Gasteiger partial charge in [-0.25, -0.2) is 8.42 Å². The van der Waals surface area contributed by atoms with Crippen LogP contribution in [-0.2, 0) is 14.8 Å². The fraction of sp³-hybridized carbons (Fsp3) is 0.0476. The van der Waals surface area contributed by atoms with Gasteiger partial charge in [0.1, 0.15) is 6.54 Å². The van der Waals surface area contributed by atoms with Crippen molar-refractivity contribution in [3.8, 4) is 0 Å². The molecule has 148 valence electrons.